The fourth-order valence-electron chi connectivity index (χ4n) is 10.8. The number of benzene rings is 11. The van der Waals surface area contributed by atoms with Crippen molar-refractivity contribution in [3.8, 4) is 5.69 Å². The zero-order valence-electron chi connectivity index (χ0n) is 36.7. The van der Waals surface area contributed by atoms with E-state index in [0.29, 0.717) is 5.84 Å². The molecule has 13 aromatic rings. The number of aromatic nitrogens is 1. The van der Waals surface area contributed by atoms with Crippen LogP contribution >= 0.6 is 0 Å². The number of rotatable bonds is 4. The monoisotopic (exact) mass is 855 g/mol. The van der Waals surface area contributed by atoms with E-state index in [0.717, 1.165) is 78.6 Å². The summed E-state index contributed by atoms with van der Waals surface area (Å²) in [4.78, 5) is 11.5. The molecule has 0 bridgehead atoms. The van der Waals surface area contributed by atoms with Gasteiger partial charge in [-0.15, -0.1) is 0 Å². The first kappa shape index (κ1) is 37.7. The molecule has 4 nitrogen and oxygen atoms in total. The molecule has 3 heterocycles. The number of furan rings is 1. The highest BCUT2D eigenvalue weighted by Crippen LogP contribution is 2.42. The zero-order chi connectivity index (χ0) is 44.2. The predicted octanol–water partition coefficient (Wildman–Crippen LogP) is 16.8. The molecule has 2 aromatic heterocycles. The highest BCUT2D eigenvalue weighted by Gasteiger charge is 2.24. The average Bonchev–Trinajstić information content (AvgIpc) is 3.90. The van der Waals surface area contributed by atoms with E-state index in [1.807, 2.05) is 6.07 Å². The SMILES string of the molecule is CC1C/C=C(\c2cc3c(cc2-n2c4ccccc4c4cc5ccccc5cc42)oc2ccccc23)N=C(c2ccc3c(ccc4ccccc43)c2)N=C1c1ccc2c(ccc3ccccc32)c1. The van der Waals surface area contributed by atoms with E-state index in [1.165, 1.54) is 59.2 Å². The molecule has 1 atom stereocenters. The summed E-state index contributed by atoms with van der Waals surface area (Å²) in [6.45, 7) is 2.30. The van der Waals surface area contributed by atoms with E-state index in [9.17, 15) is 0 Å². The third kappa shape index (κ3) is 6.00. The highest BCUT2D eigenvalue weighted by molar-refractivity contribution is 6.19. The van der Waals surface area contributed by atoms with Crippen LogP contribution in [0.25, 0.3) is 109 Å². The van der Waals surface area contributed by atoms with E-state index in [-0.39, 0.29) is 5.92 Å². The number of allylic oxidation sites excluding steroid dienone is 1. The predicted molar refractivity (Wildman–Crippen MR) is 283 cm³/mol. The molecule has 0 saturated heterocycles. The molecule has 314 valence electrons. The van der Waals surface area contributed by atoms with Gasteiger partial charge >= 0.3 is 0 Å². The Balaban J connectivity index is 1.04. The molecule has 4 heteroatoms. The molecule has 0 amide bonds. The van der Waals surface area contributed by atoms with Gasteiger partial charge in [0.2, 0.25) is 0 Å². The topological polar surface area (TPSA) is 42.8 Å². The number of hydrogen-bond donors (Lipinski definition) is 0. The molecule has 0 fully saturated rings. The second-order valence-corrected chi connectivity index (χ2v) is 18.1. The fraction of sp³-hybridized carbons (Fsp3) is 0.0476. The number of hydrogen-bond acceptors (Lipinski definition) is 3. The molecule has 0 N–H and O–H groups in total. The number of amidine groups is 1. The first-order chi connectivity index (χ1) is 33.1. The van der Waals surface area contributed by atoms with Gasteiger partial charge in [0.05, 0.1) is 28.1 Å². The van der Waals surface area contributed by atoms with Crippen LogP contribution in [0, 0.1) is 5.92 Å². The van der Waals surface area contributed by atoms with Crippen LogP contribution in [-0.2, 0) is 0 Å². The van der Waals surface area contributed by atoms with Gasteiger partial charge in [-0.05, 0) is 108 Å². The highest BCUT2D eigenvalue weighted by atomic mass is 16.3. The van der Waals surface area contributed by atoms with Gasteiger partial charge in [0.1, 0.15) is 11.2 Å². The lowest BCUT2D eigenvalue weighted by atomic mass is 9.91. The summed E-state index contributed by atoms with van der Waals surface area (Å²) in [5.74, 6) is 0.752. The molecule has 0 saturated carbocycles. The smallest absolute Gasteiger partial charge is 0.160 e. The molecular formula is C63H41N3O. The standard InChI is InChI=1S/C63H41N3O/c1-38-22-31-56(55-36-54-52-19-9-11-21-60(52)67-61(54)37-59(55)66-57-20-10-8-18-51(57)53-34-41-14-2-3-15-42(41)35-58(53)66)64-63(46-28-30-50-44(33-46)26-24-40-13-5-7-17-48(40)50)65-62(38)45-27-29-49-43(32-45)25-23-39-12-4-6-16-47(39)49/h2-21,23-38H,22H2,1H3/b56-31+,64-63?,65-62?. The van der Waals surface area contributed by atoms with Gasteiger partial charge in [-0.25, -0.2) is 9.98 Å². The molecule has 67 heavy (non-hydrogen) atoms. The lowest BCUT2D eigenvalue weighted by Gasteiger charge is -2.21. The van der Waals surface area contributed by atoms with Crippen LogP contribution in [0.1, 0.15) is 30.0 Å². The number of fused-ring (bicyclic) bond motifs is 13. The summed E-state index contributed by atoms with van der Waals surface area (Å²) < 4.78 is 9.10. The van der Waals surface area contributed by atoms with Crippen LogP contribution in [0.2, 0.25) is 0 Å². The number of para-hydroxylation sites is 2. The van der Waals surface area contributed by atoms with Crippen molar-refractivity contribution >= 4 is 115 Å². The Hall–Kier alpha value is -8.60. The summed E-state index contributed by atoms with van der Waals surface area (Å²) in [6.07, 6.45) is 3.09. The van der Waals surface area contributed by atoms with Crippen LogP contribution in [0.5, 0.6) is 0 Å². The number of aliphatic imine (C=N–C) groups is 2. The number of nitrogens with zero attached hydrogens (tertiary/aromatic N) is 3. The summed E-state index contributed by atoms with van der Waals surface area (Å²) in [5, 5.41) is 16.7. The molecule has 14 rings (SSSR count). The first-order valence-electron chi connectivity index (χ1n) is 23.2. The molecular weight excluding hydrogens is 815 g/mol. The molecule has 0 aliphatic carbocycles. The van der Waals surface area contributed by atoms with Crippen molar-refractivity contribution in [3.05, 3.63) is 229 Å². The van der Waals surface area contributed by atoms with E-state index in [2.05, 4.69) is 218 Å². The Labute approximate surface area is 386 Å². The van der Waals surface area contributed by atoms with E-state index >= 15 is 0 Å². The summed E-state index contributed by atoms with van der Waals surface area (Å²) in [6, 6.07) is 74.7. The zero-order valence-corrected chi connectivity index (χ0v) is 36.7. The van der Waals surface area contributed by atoms with Crippen LogP contribution in [-0.4, -0.2) is 16.1 Å². The second-order valence-electron chi connectivity index (χ2n) is 18.1. The van der Waals surface area contributed by atoms with Crippen LogP contribution in [0.15, 0.2) is 227 Å². The van der Waals surface area contributed by atoms with E-state index in [1.54, 1.807) is 0 Å². The fourth-order valence-corrected chi connectivity index (χ4v) is 10.8. The molecule has 0 spiro atoms. The molecule has 11 aromatic carbocycles. The van der Waals surface area contributed by atoms with Crippen molar-refractivity contribution in [1.82, 2.24) is 4.57 Å². The maximum Gasteiger partial charge on any atom is 0.160 e. The molecule has 1 aliphatic heterocycles. The van der Waals surface area contributed by atoms with Gasteiger partial charge in [-0.3, -0.25) is 0 Å². The van der Waals surface area contributed by atoms with Crippen LogP contribution < -0.4 is 0 Å². The Morgan fingerprint density at radius 1 is 0.418 bits per heavy atom. The van der Waals surface area contributed by atoms with Crippen molar-refractivity contribution in [2.75, 3.05) is 0 Å². The quantitative estimate of drug-likeness (QED) is 0.163. The maximum absolute atomic E-state index is 6.68. The Kier molecular flexibility index (Phi) is 8.29. The van der Waals surface area contributed by atoms with Gasteiger partial charge in [0.15, 0.2) is 5.84 Å². The largest absolute Gasteiger partial charge is 0.456 e. The lowest BCUT2D eigenvalue weighted by molar-refractivity contribution is 0.668. The van der Waals surface area contributed by atoms with Crippen molar-refractivity contribution in [2.45, 2.75) is 13.3 Å². The third-order valence-corrected chi connectivity index (χ3v) is 14.2. The van der Waals surface area contributed by atoms with Gasteiger partial charge in [0.25, 0.3) is 0 Å². The van der Waals surface area contributed by atoms with Crippen molar-refractivity contribution in [3.63, 3.8) is 0 Å². The molecule has 0 radical (unpaired) electrons. The molecule has 1 aliphatic rings. The summed E-state index contributed by atoms with van der Waals surface area (Å²) in [7, 11) is 0. The summed E-state index contributed by atoms with van der Waals surface area (Å²) in [5.41, 5.74) is 9.94. The van der Waals surface area contributed by atoms with Crippen LogP contribution in [0.4, 0.5) is 0 Å². The Morgan fingerprint density at radius 3 is 1.75 bits per heavy atom. The third-order valence-electron chi connectivity index (χ3n) is 14.2. The maximum atomic E-state index is 6.68. The Bertz CT molecular complexity index is 4330. The Morgan fingerprint density at radius 2 is 1.00 bits per heavy atom. The van der Waals surface area contributed by atoms with Crippen LogP contribution in [0.3, 0.4) is 0 Å². The minimum Gasteiger partial charge on any atom is -0.456 e. The normalized spacial score (nSPS) is 15.5. The minimum absolute atomic E-state index is 0.0735. The van der Waals surface area contributed by atoms with Gasteiger partial charge in [-0.1, -0.05) is 171 Å². The first-order valence-corrected chi connectivity index (χ1v) is 23.2. The van der Waals surface area contributed by atoms with Crippen molar-refractivity contribution < 1.29 is 4.42 Å². The summed E-state index contributed by atoms with van der Waals surface area (Å²) >= 11 is 0. The van der Waals surface area contributed by atoms with Gasteiger partial charge in [0, 0.05) is 44.7 Å². The van der Waals surface area contributed by atoms with Crippen molar-refractivity contribution in [2.24, 2.45) is 15.9 Å². The van der Waals surface area contributed by atoms with E-state index in [4.69, 9.17) is 14.4 Å². The van der Waals surface area contributed by atoms with Gasteiger partial charge in [-0.2, -0.15) is 0 Å². The average molecular weight is 856 g/mol. The lowest BCUT2D eigenvalue weighted by Crippen LogP contribution is -2.17. The molecule has 1 unspecified atom stereocenters. The van der Waals surface area contributed by atoms with Gasteiger partial charge < -0.3 is 8.98 Å². The minimum atomic E-state index is 0.0735. The van der Waals surface area contributed by atoms with E-state index < -0.39 is 0 Å². The second kappa shape index (κ2) is 14.7. The van der Waals surface area contributed by atoms with Crippen molar-refractivity contribution in [1.29, 1.82) is 0 Å².